The maximum atomic E-state index is 2.80. The lowest BCUT2D eigenvalue weighted by atomic mass is 9.43. The van der Waals surface area contributed by atoms with Gasteiger partial charge < -0.3 is 4.90 Å². The van der Waals surface area contributed by atoms with Crippen molar-refractivity contribution in [2.24, 2.45) is 23.7 Å². The van der Waals surface area contributed by atoms with Crippen molar-refractivity contribution < 1.29 is 0 Å². The van der Waals surface area contributed by atoms with Gasteiger partial charge in [-0.3, -0.25) is 0 Å². The molecule has 0 unspecified atom stereocenters. The SMILES string of the molecule is CC1(C)CCC(C)(C)c2c(N(c3cc4c(cc3-c3ccccc3)C3(c5ccccc5-4)C4CC5CC(C4)CC3C5)c3cccc4c3C(C)(C)CCC4(C)C)cccc21. The minimum atomic E-state index is 0.0318. The van der Waals surface area contributed by atoms with Crippen LogP contribution in [0, 0.1) is 23.7 Å². The zero-order valence-electron chi connectivity index (χ0n) is 35.9. The molecule has 0 radical (unpaired) electrons. The second-order valence-corrected chi connectivity index (χ2v) is 22.3. The monoisotopic (exact) mass is 749 g/mol. The van der Waals surface area contributed by atoms with Gasteiger partial charge in [0, 0.05) is 11.0 Å². The highest BCUT2D eigenvalue weighted by atomic mass is 15.2. The Morgan fingerprint density at radius 3 is 1.46 bits per heavy atom. The molecule has 1 heteroatoms. The number of nitrogens with zero attached hydrogens (tertiary/aromatic N) is 1. The van der Waals surface area contributed by atoms with Gasteiger partial charge in [-0.25, -0.2) is 0 Å². The maximum Gasteiger partial charge on any atom is 0.0546 e. The van der Waals surface area contributed by atoms with E-state index in [2.05, 4.69) is 163 Å². The Balaban J connectivity index is 1.27. The summed E-state index contributed by atoms with van der Waals surface area (Å²) in [5.74, 6) is 3.31. The zero-order chi connectivity index (χ0) is 39.3. The summed E-state index contributed by atoms with van der Waals surface area (Å²) in [6.45, 7) is 20.0. The average molecular weight is 750 g/mol. The lowest BCUT2D eigenvalue weighted by Gasteiger charge is -2.61. The quantitative estimate of drug-likeness (QED) is 0.177. The lowest BCUT2D eigenvalue weighted by molar-refractivity contribution is -0.0399. The summed E-state index contributed by atoms with van der Waals surface area (Å²) in [6, 6.07) is 41.3. The van der Waals surface area contributed by atoms with E-state index in [4.69, 9.17) is 0 Å². The van der Waals surface area contributed by atoms with Gasteiger partial charge in [0.05, 0.1) is 17.1 Å². The van der Waals surface area contributed by atoms with Crippen molar-refractivity contribution >= 4 is 17.1 Å². The maximum absolute atomic E-state index is 2.80. The molecular weight excluding hydrogens is 687 g/mol. The first kappa shape index (κ1) is 36.0. The molecule has 4 bridgehead atoms. The minimum absolute atomic E-state index is 0.0318. The van der Waals surface area contributed by atoms with Crippen LogP contribution in [-0.2, 0) is 27.1 Å². The van der Waals surface area contributed by atoms with Gasteiger partial charge in [0.25, 0.3) is 0 Å². The molecule has 0 amide bonds. The van der Waals surface area contributed by atoms with Crippen LogP contribution in [0.5, 0.6) is 0 Å². The van der Waals surface area contributed by atoms with E-state index in [-0.39, 0.29) is 27.1 Å². The van der Waals surface area contributed by atoms with Gasteiger partial charge in [0.2, 0.25) is 0 Å². The summed E-state index contributed by atoms with van der Waals surface area (Å²) in [5, 5.41) is 0. The fourth-order valence-corrected chi connectivity index (χ4v) is 14.4. The molecule has 7 aliphatic carbocycles. The molecule has 0 N–H and O–H groups in total. The number of benzene rings is 5. The number of anilines is 3. The van der Waals surface area contributed by atoms with Gasteiger partial charge >= 0.3 is 0 Å². The van der Waals surface area contributed by atoms with Crippen LogP contribution < -0.4 is 4.90 Å². The van der Waals surface area contributed by atoms with Crippen molar-refractivity contribution in [1.82, 2.24) is 0 Å². The van der Waals surface area contributed by atoms with Gasteiger partial charge in [-0.1, -0.05) is 134 Å². The average Bonchev–Trinajstić information content (AvgIpc) is 3.47. The van der Waals surface area contributed by atoms with Crippen LogP contribution >= 0.6 is 0 Å². The Kier molecular flexibility index (Phi) is 7.58. The van der Waals surface area contributed by atoms with E-state index in [9.17, 15) is 0 Å². The van der Waals surface area contributed by atoms with Gasteiger partial charge in [-0.05, 0) is 177 Å². The predicted molar refractivity (Wildman–Crippen MR) is 240 cm³/mol. The molecule has 5 aromatic rings. The highest BCUT2D eigenvalue weighted by Crippen LogP contribution is 2.70. The summed E-state index contributed by atoms with van der Waals surface area (Å²) < 4.78 is 0. The van der Waals surface area contributed by atoms with E-state index in [1.807, 2.05) is 0 Å². The summed E-state index contributed by atoms with van der Waals surface area (Å²) in [5.41, 5.74) is 19.5. The highest BCUT2D eigenvalue weighted by molar-refractivity contribution is 5.96. The van der Waals surface area contributed by atoms with Crippen LogP contribution in [0.4, 0.5) is 17.1 Å². The Hall–Kier alpha value is -4.10. The van der Waals surface area contributed by atoms with Gasteiger partial charge in [-0.15, -0.1) is 0 Å². The van der Waals surface area contributed by atoms with Gasteiger partial charge in [-0.2, -0.15) is 0 Å². The van der Waals surface area contributed by atoms with E-state index in [1.165, 1.54) is 119 Å². The van der Waals surface area contributed by atoms with E-state index < -0.39 is 0 Å². The van der Waals surface area contributed by atoms with Crippen molar-refractivity contribution in [2.75, 3.05) is 4.90 Å². The third-order valence-electron chi connectivity index (χ3n) is 17.1. The lowest BCUT2D eigenvalue weighted by Crippen LogP contribution is -2.55. The smallest absolute Gasteiger partial charge is 0.0546 e. The first-order chi connectivity index (χ1) is 27.2. The Morgan fingerprint density at radius 1 is 0.404 bits per heavy atom. The Labute approximate surface area is 343 Å². The molecule has 57 heavy (non-hydrogen) atoms. The third kappa shape index (κ3) is 4.99. The summed E-state index contributed by atoms with van der Waals surface area (Å²) in [7, 11) is 0. The van der Waals surface area contributed by atoms with Crippen LogP contribution in [0.3, 0.4) is 0 Å². The molecule has 12 rings (SSSR count). The van der Waals surface area contributed by atoms with Crippen molar-refractivity contribution in [2.45, 2.75) is 140 Å². The van der Waals surface area contributed by atoms with Gasteiger partial charge in [0.1, 0.15) is 0 Å². The molecule has 1 nitrogen and oxygen atoms in total. The van der Waals surface area contributed by atoms with Crippen LogP contribution in [0.1, 0.15) is 147 Å². The Morgan fingerprint density at radius 2 is 0.895 bits per heavy atom. The normalized spacial score (nSPS) is 28.7. The van der Waals surface area contributed by atoms with E-state index in [1.54, 1.807) is 11.1 Å². The molecule has 4 fully saturated rings. The number of hydrogen-bond acceptors (Lipinski definition) is 1. The second-order valence-electron chi connectivity index (χ2n) is 22.3. The van der Waals surface area contributed by atoms with E-state index >= 15 is 0 Å². The predicted octanol–water partition coefficient (Wildman–Crippen LogP) is 15.2. The number of hydrogen-bond donors (Lipinski definition) is 0. The topological polar surface area (TPSA) is 3.24 Å². The first-order valence-corrected chi connectivity index (χ1v) is 22.6. The molecule has 5 aromatic carbocycles. The standard InChI is InChI=1S/C56H63N/c1-52(2)24-26-54(5,6)50-44(52)20-14-22-47(50)57(48-23-15-21-45-51(48)55(7,8)27-25-53(45,3)4)49-34-42-40-18-12-13-19-43(40)56(38-29-35-28-36(31-38)32-39(56)30-35)46(42)33-41(49)37-16-10-9-11-17-37/h9-23,33-36,38-39H,24-32H2,1-8H3. The molecule has 0 saturated heterocycles. The molecule has 1 spiro atoms. The minimum Gasteiger partial charge on any atom is -0.309 e. The largest absolute Gasteiger partial charge is 0.309 e. The summed E-state index contributed by atoms with van der Waals surface area (Å²) in [4.78, 5) is 2.80. The van der Waals surface area contributed by atoms with Gasteiger partial charge in [0.15, 0.2) is 0 Å². The van der Waals surface area contributed by atoms with Crippen LogP contribution in [0.25, 0.3) is 22.3 Å². The molecule has 4 saturated carbocycles. The third-order valence-corrected chi connectivity index (χ3v) is 17.1. The molecule has 7 aliphatic rings. The van der Waals surface area contributed by atoms with E-state index in [0.29, 0.717) is 0 Å². The van der Waals surface area contributed by atoms with Crippen LogP contribution in [-0.4, -0.2) is 0 Å². The van der Waals surface area contributed by atoms with Crippen LogP contribution in [0.15, 0.2) is 103 Å². The van der Waals surface area contributed by atoms with Crippen molar-refractivity contribution in [3.8, 4) is 22.3 Å². The summed E-state index contributed by atoms with van der Waals surface area (Å²) >= 11 is 0. The number of rotatable bonds is 4. The van der Waals surface area contributed by atoms with Crippen molar-refractivity contribution in [3.63, 3.8) is 0 Å². The molecule has 0 atom stereocenters. The molecular formula is C56H63N. The number of fused-ring (bicyclic) bond motifs is 5. The highest BCUT2D eigenvalue weighted by Gasteiger charge is 2.62. The molecule has 292 valence electrons. The Bertz CT molecular complexity index is 2330. The first-order valence-electron chi connectivity index (χ1n) is 22.6. The molecule has 0 aromatic heterocycles. The fraction of sp³-hybridized carbons (Fsp3) is 0.464. The van der Waals surface area contributed by atoms with Crippen LogP contribution in [0.2, 0.25) is 0 Å². The molecule has 0 aliphatic heterocycles. The van der Waals surface area contributed by atoms with Crippen molar-refractivity contribution in [1.29, 1.82) is 0 Å². The summed E-state index contributed by atoms with van der Waals surface area (Å²) in [6.07, 6.45) is 11.8. The van der Waals surface area contributed by atoms with E-state index in [0.717, 1.165) is 23.7 Å². The van der Waals surface area contributed by atoms with Crippen molar-refractivity contribution in [3.05, 3.63) is 137 Å². The fourth-order valence-electron chi connectivity index (χ4n) is 14.4. The zero-order valence-corrected chi connectivity index (χ0v) is 35.9. The second kappa shape index (κ2) is 12.0. The molecule has 0 heterocycles.